The normalized spacial score (nSPS) is 18.1. The maximum absolute atomic E-state index is 11.9. The van der Waals surface area contributed by atoms with Crippen molar-refractivity contribution in [1.82, 2.24) is 10.9 Å². The fraction of sp³-hybridized carbons (Fsp3) is 0.833. The average Bonchev–Trinajstić information content (AvgIpc) is 2.76. The molecule has 0 saturated heterocycles. The largest absolute Gasteiger partial charge is 0.397 e. The van der Waals surface area contributed by atoms with Crippen LogP contribution in [-0.2, 0) is 9.59 Å². The van der Waals surface area contributed by atoms with Crippen molar-refractivity contribution >= 4 is 11.8 Å². The van der Waals surface area contributed by atoms with Crippen LogP contribution in [0.3, 0.4) is 0 Å². The minimum absolute atomic E-state index is 0.311. The van der Waals surface area contributed by atoms with Gasteiger partial charge in [0, 0.05) is 5.92 Å². The lowest BCUT2D eigenvalue weighted by Gasteiger charge is -2.16. The molecule has 1 rings (SSSR count). The molecular formula is C12H19F3N2O2. The summed E-state index contributed by atoms with van der Waals surface area (Å²) in [6, 6.07) is 0. The van der Waals surface area contributed by atoms with Gasteiger partial charge >= 0.3 is 6.18 Å². The van der Waals surface area contributed by atoms with Gasteiger partial charge in [0.25, 0.3) is 0 Å². The molecule has 1 atom stereocenters. The molecule has 0 aromatic heterocycles. The Labute approximate surface area is 110 Å². The van der Waals surface area contributed by atoms with Crippen LogP contribution in [0.2, 0.25) is 0 Å². The van der Waals surface area contributed by atoms with E-state index in [0.29, 0.717) is 12.3 Å². The van der Waals surface area contributed by atoms with Crippen molar-refractivity contribution in [3.63, 3.8) is 0 Å². The first kappa shape index (κ1) is 15.8. The van der Waals surface area contributed by atoms with Crippen LogP contribution in [0.25, 0.3) is 0 Å². The number of carbonyl (C=O) groups excluding carboxylic acids is 2. The minimum atomic E-state index is -4.57. The van der Waals surface area contributed by atoms with Gasteiger partial charge in [0.15, 0.2) is 0 Å². The van der Waals surface area contributed by atoms with Crippen molar-refractivity contribution in [2.75, 3.05) is 0 Å². The van der Waals surface area contributed by atoms with Crippen LogP contribution in [0.4, 0.5) is 13.2 Å². The molecule has 1 aliphatic carbocycles. The van der Waals surface area contributed by atoms with E-state index in [0.717, 1.165) is 12.8 Å². The number of rotatable bonds is 4. The third kappa shape index (κ3) is 6.45. The van der Waals surface area contributed by atoms with Crippen molar-refractivity contribution in [3.05, 3.63) is 0 Å². The van der Waals surface area contributed by atoms with Crippen LogP contribution in [0.15, 0.2) is 0 Å². The van der Waals surface area contributed by atoms with E-state index in [4.69, 9.17) is 0 Å². The molecule has 0 radical (unpaired) electrons. The Morgan fingerprint density at radius 2 is 1.79 bits per heavy atom. The van der Waals surface area contributed by atoms with E-state index in [1.807, 2.05) is 5.43 Å². The SMILES string of the molecule is CC(CC1CCCC1)C(=O)NNC(=O)CC(F)(F)F. The Balaban J connectivity index is 2.24. The molecule has 19 heavy (non-hydrogen) atoms. The minimum Gasteiger partial charge on any atom is -0.273 e. The van der Waals surface area contributed by atoms with Crippen LogP contribution >= 0.6 is 0 Å². The van der Waals surface area contributed by atoms with E-state index < -0.39 is 24.4 Å². The highest BCUT2D eigenvalue weighted by Crippen LogP contribution is 2.30. The maximum Gasteiger partial charge on any atom is 0.397 e. The Morgan fingerprint density at radius 3 is 2.32 bits per heavy atom. The highest BCUT2D eigenvalue weighted by atomic mass is 19.4. The molecule has 7 heteroatoms. The number of halogens is 3. The summed E-state index contributed by atoms with van der Waals surface area (Å²) >= 11 is 0. The average molecular weight is 280 g/mol. The molecule has 0 bridgehead atoms. The van der Waals surface area contributed by atoms with Gasteiger partial charge in [-0.3, -0.25) is 20.4 Å². The highest BCUT2D eigenvalue weighted by molar-refractivity contribution is 5.83. The van der Waals surface area contributed by atoms with Gasteiger partial charge in [-0.2, -0.15) is 13.2 Å². The first-order valence-electron chi connectivity index (χ1n) is 6.43. The molecule has 1 fully saturated rings. The molecule has 1 aliphatic rings. The summed E-state index contributed by atoms with van der Waals surface area (Å²) in [6.45, 7) is 1.71. The van der Waals surface area contributed by atoms with Crippen LogP contribution < -0.4 is 10.9 Å². The van der Waals surface area contributed by atoms with Crippen molar-refractivity contribution < 1.29 is 22.8 Å². The standard InChI is InChI=1S/C12H19F3N2O2/c1-8(6-9-4-2-3-5-9)11(19)17-16-10(18)7-12(13,14)15/h8-9H,2-7H2,1H3,(H,16,18)(H,17,19). The Kier molecular flexibility index (Phi) is 5.62. The fourth-order valence-corrected chi connectivity index (χ4v) is 2.33. The summed E-state index contributed by atoms with van der Waals surface area (Å²) in [7, 11) is 0. The van der Waals surface area contributed by atoms with Gasteiger partial charge in [0.05, 0.1) is 0 Å². The maximum atomic E-state index is 11.9. The van der Waals surface area contributed by atoms with Gasteiger partial charge in [-0.25, -0.2) is 0 Å². The van der Waals surface area contributed by atoms with Crippen LogP contribution in [-0.4, -0.2) is 18.0 Å². The Morgan fingerprint density at radius 1 is 1.21 bits per heavy atom. The number of alkyl halides is 3. The van der Waals surface area contributed by atoms with Gasteiger partial charge in [-0.1, -0.05) is 32.6 Å². The first-order valence-corrected chi connectivity index (χ1v) is 6.43. The molecule has 4 nitrogen and oxygen atoms in total. The fourth-order valence-electron chi connectivity index (χ4n) is 2.33. The number of hydrogen-bond acceptors (Lipinski definition) is 2. The molecule has 0 aromatic rings. The summed E-state index contributed by atoms with van der Waals surface area (Å²) in [5.41, 5.74) is 3.83. The highest BCUT2D eigenvalue weighted by Gasteiger charge is 2.31. The second kappa shape index (κ2) is 6.77. The monoisotopic (exact) mass is 280 g/mol. The van der Waals surface area contributed by atoms with Crippen LogP contribution in [0.5, 0.6) is 0 Å². The molecule has 1 saturated carbocycles. The van der Waals surface area contributed by atoms with E-state index in [2.05, 4.69) is 0 Å². The summed E-state index contributed by atoms with van der Waals surface area (Å²) in [4.78, 5) is 22.5. The number of nitrogens with one attached hydrogen (secondary N) is 2. The van der Waals surface area contributed by atoms with Crippen molar-refractivity contribution in [3.8, 4) is 0 Å². The molecule has 0 heterocycles. The third-order valence-corrected chi connectivity index (χ3v) is 3.30. The predicted molar refractivity (Wildman–Crippen MR) is 62.7 cm³/mol. The van der Waals surface area contributed by atoms with Crippen LogP contribution in [0.1, 0.15) is 45.4 Å². The molecule has 2 N–H and O–H groups in total. The number of amides is 2. The summed E-state index contributed by atoms with van der Waals surface area (Å²) in [5.74, 6) is -1.50. The molecule has 1 unspecified atom stereocenters. The zero-order valence-corrected chi connectivity index (χ0v) is 10.8. The smallest absolute Gasteiger partial charge is 0.273 e. The molecule has 2 amide bonds. The number of carbonyl (C=O) groups is 2. The van der Waals surface area contributed by atoms with Crippen molar-refractivity contribution in [1.29, 1.82) is 0 Å². The van der Waals surface area contributed by atoms with E-state index in [1.165, 1.54) is 12.8 Å². The summed E-state index contributed by atoms with van der Waals surface area (Å²) in [5, 5.41) is 0. The van der Waals surface area contributed by atoms with Gasteiger partial charge in [-0.15, -0.1) is 0 Å². The van der Waals surface area contributed by atoms with E-state index in [1.54, 1.807) is 12.3 Å². The van der Waals surface area contributed by atoms with Gasteiger partial charge in [0.1, 0.15) is 6.42 Å². The molecule has 0 aliphatic heterocycles. The second-order valence-electron chi connectivity index (χ2n) is 5.12. The number of hydrogen-bond donors (Lipinski definition) is 2. The number of hydrazine groups is 1. The van der Waals surface area contributed by atoms with Crippen LogP contribution in [0, 0.1) is 11.8 Å². The first-order chi connectivity index (χ1) is 8.78. The van der Waals surface area contributed by atoms with Gasteiger partial charge in [0.2, 0.25) is 11.8 Å². The van der Waals surface area contributed by atoms with E-state index >= 15 is 0 Å². The van der Waals surface area contributed by atoms with E-state index in [-0.39, 0.29) is 5.92 Å². The predicted octanol–water partition coefficient (Wildman–Crippen LogP) is 2.30. The summed E-state index contributed by atoms with van der Waals surface area (Å²) in [6.07, 6.45) is -0.922. The lowest BCUT2D eigenvalue weighted by Crippen LogP contribution is -2.45. The van der Waals surface area contributed by atoms with Crippen molar-refractivity contribution in [2.45, 2.75) is 51.6 Å². The van der Waals surface area contributed by atoms with Gasteiger partial charge in [-0.05, 0) is 12.3 Å². The zero-order chi connectivity index (χ0) is 14.5. The summed E-state index contributed by atoms with van der Waals surface area (Å²) < 4.78 is 35.7. The van der Waals surface area contributed by atoms with E-state index in [9.17, 15) is 22.8 Å². The molecule has 110 valence electrons. The second-order valence-corrected chi connectivity index (χ2v) is 5.12. The lowest BCUT2D eigenvalue weighted by molar-refractivity contribution is -0.155. The topological polar surface area (TPSA) is 58.2 Å². The molecular weight excluding hydrogens is 261 g/mol. The molecule has 0 aromatic carbocycles. The molecule has 0 spiro atoms. The lowest BCUT2D eigenvalue weighted by atomic mass is 9.94. The Bertz CT molecular complexity index is 325. The zero-order valence-electron chi connectivity index (χ0n) is 10.8. The third-order valence-electron chi connectivity index (χ3n) is 3.30. The quantitative estimate of drug-likeness (QED) is 0.776. The Hall–Kier alpha value is -1.27. The van der Waals surface area contributed by atoms with Crippen molar-refractivity contribution in [2.24, 2.45) is 11.8 Å². The van der Waals surface area contributed by atoms with Gasteiger partial charge < -0.3 is 0 Å².